The van der Waals surface area contributed by atoms with Crippen molar-refractivity contribution >= 4 is 5.84 Å². The maximum Gasteiger partial charge on any atom is 0.401 e. The Kier molecular flexibility index (Phi) is 5.90. The van der Waals surface area contributed by atoms with Gasteiger partial charge in [0.2, 0.25) is 0 Å². The zero-order valence-corrected chi connectivity index (χ0v) is 11.0. The summed E-state index contributed by atoms with van der Waals surface area (Å²) in [6.07, 6.45) is -0.0511. The first kappa shape index (κ1) is 16.1. The summed E-state index contributed by atoms with van der Waals surface area (Å²) in [7, 11) is 0. The Bertz CT molecular complexity index is 308. The van der Waals surface area contributed by atoms with Crippen LogP contribution in [0.1, 0.15) is 39.0 Å². The molecular formula is C12H21F3N2O2. The van der Waals surface area contributed by atoms with E-state index in [4.69, 9.17) is 15.7 Å². The number of amidine groups is 1. The molecule has 7 heteroatoms. The summed E-state index contributed by atoms with van der Waals surface area (Å²) in [6.45, 7) is 1.49. The molecule has 1 aliphatic rings. The Morgan fingerprint density at radius 3 is 2.68 bits per heavy atom. The minimum Gasteiger partial charge on any atom is -0.409 e. The topological polar surface area (TPSA) is 67.8 Å². The van der Waals surface area contributed by atoms with Gasteiger partial charge in [0.15, 0.2) is 5.84 Å². The highest BCUT2D eigenvalue weighted by Gasteiger charge is 2.43. The lowest BCUT2D eigenvalue weighted by Gasteiger charge is -2.30. The average Bonchev–Trinajstić information content (AvgIpc) is 2.37. The van der Waals surface area contributed by atoms with Crippen molar-refractivity contribution in [1.29, 1.82) is 0 Å². The molecule has 0 aromatic heterocycles. The Morgan fingerprint density at radius 2 is 2.16 bits per heavy atom. The van der Waals surface area contributed by atoms with Gasteiger partial charge in [0.1, 0.15) is 5.92 Å². The normalized spacial score (nSPS) is 27.3. The molecule has 0 bridgehead atoms. The van der Waals surface area contributed by atoms with Gasteiger partial charge in [-0.25, -0.2) is 0 Å². The van der Waals surface area contributed by atoms with Crippen LogP contribution in [0.4, 0.5) is 13.2 Å². The molecule has 3 atom stereocenters. The number of alkyl halides is 3. The average molecular weight is 282 g/mol. The highest BCUT2D eigenvalue weighted by Crippen LogP contribution is 2.31. The van der Waals surface area contributed by atoms with Crippen molar-refractivity contribution < 1.29 is 23.1 Å². The van der Waals surface area contributed by atoms with Gasteiger partial charge in [0.25, 0.3) is 0 Å². The molecule has 1 rings (SSSR count). The minimum atomic E-state index is -4.56. The van der Waals surface area contributed by atoms with E-state index in [0.29, 0.717) is 5.92 Å². The fourth-order valence-corrected chi connectivity index (χ4v) is 2.41. The summed E-state index contributed by atoms with van der Waals surface area (Å²) in [5.74, 6) is -2.37. The minimum absolute atomic E-state index is 0.157. The lowest BCUT2D eigenvalue weighted by atomic mass is 9.85. The van der Waals surface area contributed by atoms with Gasteiger partial charge < -0.3 is 15.7 Å². The number of ether oxygens (including phenoxy) is 1. The first-order chi connectivity index (χ1) is 8.88. The Hall–Kier alpha value is -0.980. The van der Waals surface area contributed by atoms with Crippen molar-refractivity contribution in [3.05, 3.63) is 0 Å². The Balaban J connectivity index is 2.52. The number of rotatable bonds is 5. The van der Waals surface area contributed by atoms with Crippen molar-refractivity contribution in [3.63, 3.8) is 0 Å². The summed E-state index contributed by atoms with van der Waals surface area (Å²) in [5, 5.41) is 10.8. The Morgan fingerprint density at radius 1 is 1.47 bits per heavy atom. The lowest BCUT2D eigenvalue weighted by molar-refractivity contribution is -0.174. The van der Waals surface area contributed by atoms with Crippen molar-refractivity contribution in [2.24, 2.45) is 22.7 Å². The van der Waals surface area contributed by atoms with E-state index in [9.17, 15) is 13.2 Å². The van der Waals surface area contributed by atoms with Crippen LogP contribution in [0.25, 0.3) is 0 Å². The molecule has 1 aliphatic carbocycles. The third kappa shape index (κ3) is 4.89. The molecule has 0 saturated heterocycles. The molecule has 4 nitrogen and oxygen atoms in total. The molecule has 1 fully saturated rings. The molecule has 0 aliphatic heterocycles. The highest BCUT2D eigenvalue weighted by molar-refractivity contribution is 5.83. The van der Waals surface area contributed by atoms with E-state index in [0.717, 1.165) is 32.1 Å². The summed E-state index contributed by atoms with van der Waals surface area (Å²) in [4.78, 5) is 0. The number of halogens is 3. The summed E-state index contributed by atoms with van der Waals surface area (Å²) in [5.41, 5.74) is 5.07. The van der Waals surface area contributed by atoms with Gasteiger partial charge in [-0.3, -0.25) is 0 Å². The third-order valence-electron chi connectivity index (χ3n) is 3.68. The van der Waals surface area contributed by atoms with Gasteiger partial charge in [-0.1, -0.05) is 31.3 Å². The van der Waals surface area contributed by atoms with Crippen LogP contribution < -0.4 is 5.73 Å². The van der Waals surface area contributed by atoms with Gasteiger partial charge in [-0.15, -0.1) is 0 Å². The maximum absolute atomic E-state index is 12.7. The number of oxime groups is 1. The number of nitrogens with zero attached hydrogens (tertiary/aromatic N) is 1. The second-order valence-corrected chi connectivity index (χ2v) is 5.02. The molecule has 112 valence electrons. The SMILES string of the molecule is CCC1CCCC(OCC(C(N)=NO)C(F)(F)F)C1. The summed E-state index contributed by atoms with van der Waals surface area (Å²) >= 11 is 0. The monoisotopic (exact) mass is 282 g/mol. The molecule has 0 radical (unpaired) electrons. The molecular weight excluding hydrogens is 261 g/mol. The predicted octanol–water partition coefficient (Wildman–Crippen LogP) is 2.90. The molecule has 0 amide bonds. The van der Waals surface area contributed by atoms with E-state index in [1.165, 1.54) is 0 Å². The van der Waals surface area contributed by atoms with Crippen LogP contribution in [0.15, 0.2) is 5.16 Å². The number of nitrogens with two attached hydrogens (primary N) is 1. The van der Waals surface area contributed by atoms with Crippen molar-refractivity contribution in [2.75, 3.05) is 6.61 Å². The smallest absolute Gasteiger partial charge is 0.401 e. The van der Waals surface area contributed by atoms with E-state index in [1.54, 1.807) is 0 Å². The third-order valence-corrected chi connectivity index (χ3v) is 3.68. The Labute approximate surface area is 110 Å². The predicted molar refractivity (Wildman–Crippen MR) is 64.9 cm³/mol. The first-order valence-corrected chi connectivity index (χ1v) is 6.54. The van der Waals surface area contributed by atoms with Crippen LogP contribution in [0.2, 0.25) is 0 Å². The zero-order chi connectivity index (χ0) is 14.5. The quantitative estimate of drug-likeness (QED) is 0.352. The van der Waals surface area contributed by atoms with E-state index in [2.05, 4.69) is 12.1 Å². The molecule has 0 heterocycles. The van der Waals surface area contributed by atoms with Crippen LogP contribution in [0.3, 0.4) is 0 Å². The van der Waals surface area contributed by atoms with E-state index in [-0.39, 0.29) is 6.10 Å². The fraction of sp³-hybridized carbons (Fsp3) is 0.917. The molecule has 1 saturated carbocycles. The molecule has 3 unspecified atom stereocenters. The van der Waals surface area contributed by atoms with Gasteiger partial charge in [-0.2, -0.15) is 13.2 Å². The van der Waals surface area contributed by atoms with Gasteiger partial charge >= 0.3 is 6.18 Å². The van der Waals surface area contributed by atoms with Crippen molar-refractivity contribution in [2.45, 2.75) is 51.3 Å². The van der Waals surface area contributed by atoms with Crippen LogP contribution in [-0.4, -0.2) is 29.9 Å². The summed E-state index contributed by atoms with van der Waals surface area (Å²) in [6, 6.07) is 0. The van der Waals surface area contributed by atoms with Crippen LogP contribution in [0.5, 0.6) is 0 Å². The lowest BCUT2D eigenvalue weighted by Crippen LogP contribution is -2.40. The molecule has 0 aromatic rings. The standard InChI is InChI=1S/C12H21F3N2O2/c1-2-8-4-3-5-9(6-8)19-7-10(11(16)17-18)12(13,14)15/h8-10,18H,2-7H2,1H3,(H2,16,17). The molecule has 0 aromatic carbocycles. The van der Waals surface area contributed by atoms with E-state index in [1.807, 2.05) is 0 Å². The fourth-order valence-electron chi connectivity index (χ4n) is 2.41. The van der Waals surface area contributed by atoms with Gasteiger partial charge in [0, 0.05) is 0 Å². The van der Waals surface area contributed by atoms with Crippen LogP contribution in [-0.2, 0) is 4.74 Å². The second-order valence-electron chi connectivity index (χ2n) is 5.02. The zero-order valence-electron chi connectivity index (χ0n) is 11.0. The van der Waals surface area contributed by atoms with Gasteiger partial charge in [-0.05, 0) is 18.8 Å². The van der Waals surface area contributed by atoms with Crippen molar-refractivity contribution in [1.82, 2.24) is 0 Å². The van der Waals surface area contributed by atoms with Crippen LogP contribution in [0, 0.1) is 11.8 Å². The van der Waals surface area contributed by atoms with Gasteiger partial charge in [0.05, 0.1) is 12.7 Å². The van der Waals surface area contributed by atoms with Crippen molar-refractivity contribution in [3.8, 4) is 0 Å². The molecule has 3 N–H and O–H groups in total. The second kappa shape index (κ2) is 6.98. The first-order valence-electron chi connectivity index (χ1n) is 6.54. The summed E-state index contributed by atoms with van der Waals surface area (Å²) < 4.78 is 43.4. The highest BCUT2D eigenvalue weighted by atomic mass is 19.4. The molecule has 19 heavy (non-hydrogen) atoms. The largest absolute Gasteiger partial charge is 0.409 e. The number of hydrogen-bond donors (Lipinski definition) is 2. The maximum atomic E-state index is 12.7. The van der Waals surface area contributed by atoms with E-state index < -0.39 is 24.5 Å². The number of hydrogen-bond acceptors (Lipinski definition) is 3. The van der Waals surface area contributed by atoms with Crippen LogP contribution >= 0.6 is 0 Å². The van der Waals surface area contributed by atoms with E-state index >= 15 is 0 Å². The molecule has 0 spiro atoms.